The Morgan fingerprint density at radius 2 is 1.67 bits per heavy atom. The van der Waals surface area contributed by atoms with Crippen LogP contribution in [0.3, 0.4) is 0 Å². The van der Waals surface area contributed by atoms with Crippen molar-refractivity contribution in [2.75, 3.05) is 0 Å². The zero-order chi connectivity index (χ0) is 11.1. The van der Waals surface area contributed by atoms with E-state index in [4.69, 9.17) is 0 Å². The van der Waals surface area contributed by atoms with E-state index in [0.29, 0.717) is 0 Å². The molecule has 0 bridgehead atoms. The van der Waals surface area contributed by atoms with Crippen molar-refractivity contribution in [2.24, 2.45) is 0 Å². The molecule has 15 heavy (non-hydrogen) atoms. The fraction of sp³-hybridized carbons (Fsp3) is 0. The predicted octanol–water partition coefficient (Wildman–Crippen LogP) is 4.14. The van der Waals surface area contributed by atoms with Crippen LogP contribution in [0.1, 0.15) is 0 Å². The summed E-state index contributed by atoms with van der Waals surface area (Å²) in [6.07, 6.45) is 0. The average molecular weight is 316 g/mol. The quantitative estimate of drug-likeness (QED) is 0.548. The number of hydrogen-bond acceptors (Lipinski definition) is 0. The van der Waals surface area contributed by atoms with E-state index in [-0.39, 0.29) is 5.82 Å². The van der Waals surface area contributed by atoms with Gasteiger partial charge in [-0.1, -0.05) is 17.7 Å². The van der Waals surface area contributed by atoms with Crippen LogP contribution < -0.4 is 0 Å². The fourth-order valence-corrected chi connectivity index (χ4v) is 1.22. The molecule has 0 saturated heterocycles. The van der Waals surface area contributed by atoms with Gasteiger partial charge in [0.1, 0.15) is 5.82 Å². The van der Waals surface area contributed by atoms with Crippen molar-refractivity contribution >= 4 is 13.6 Å². The van der Waals surface area contributed by atoms with E-state index in [1.54, 1.807) is 12.1 Å². The molecule has 0 heterocycles. The Labute approximate surface area is 106 Å². The molecule has 0 radical (unpaired) electrons. The number of halogens is 2. The molecule has 2 aromatic rings. The standard InChI is InChI=1S/C12H8F.BrH.Zn/c13-12-8-6-11(7-9-12)10-4-2-1-3-5-10;;/h1-2,4-9H;1H;/q-1;;+2/p-1. The van der Waals surface area contributed by atoms with Crippen molar-refractivity contribution < 1.29 is 20.7 Å². The summed E-state index contributed by atoms with van der Waals surface area (Å²) in [5.74, 6) is -0.205. The SMILES string of the molecule is Fc1ccc(-c2c[c-]ccc2)cc1.[Zn+][Br]. The molecular formula is C12H8BrFZn. The van der Waals surface area contributed by atoms with Gasteiger partial charge in [-0.3, -0.25) is 0 Å². The van der Waals surface area contributed by atoms with E-state index in [1.165, 1.54) is 28.5 Å². The zero-order valence-electron chi connectivity index (χ0n) is 8.08. The molecule has 3 heteroatoms. The van der Waals surface area contributed by atoms with Crippen LogP contribution in [0.15, 0.2) is 48.5 Å². The van der Waals surface area contributed by atoms with Crippen LogP contribution in [0.4, 0.5) is 4.39 Å². The van der Waals surface area contributed by atoms with Crippen LogP contribution in [-0.2, 0) is 16.3 Å². The van der Waals surface area contributed by atoms with Gasteiger partial charge in [-0.15, -0.1) is 5.56 Å². The Morgan fingerprint density at radius 3 is 2.20 bits per heavy atom. The first kappa shape index (κ1) is 12.5. The van der Waals surface area contributed by atoms with E-state index < -0.39 is 0 Å². The van der Waals surface area contributed by atoms with Gasteiger partial charge in [0, 0.05) is 0 Å². The second kappa shape index (κ2) is 6.87. The first-order valence-corrected chi connectivity index (χ1v) is 11.3. The molecule has 0 atom stereocenters. The molecule has 72 valence electrons. The second-order valence-corrected chi connectivity index (χ2v) is 2.80. The summed E-state index contributed by atoms with van der Waals surface area (Å²) >= 11 is 4.25. The molecule has 0 aliphatic rings. The molecule has 2 aromatic carbocycles. The zero-order valence-corrected chi connectivity index (χ0v) is 12.6. The van der Waals surface area contributed by atoms with Crippen molar-refractivity contribution in [1.82, 2.24) is 0 Å². The van der Waals surface area contributed by atoms with Gasteiger partial charge in [0.15, 0.2) is 0 Å². The van der Waals surface area contributed by atoms with Crippen LogP contribution in [0, 0.1) is 11.9 Å². The van der Waals surface area contributed by atoms with Gasteiger partial charge >= 0.3 is 30.0 Å². The molecule has 0 fully saturated rings. The van der Waals surface area contributed by atoms with Crippen LogP contribution >= 0.6 is 13.6 Å². The first-order valence-electron chi connectivity index (χ1n) is 4.35. The van der Waals surface area contributed by atoms with Crippen molar-refractivity contribution in [3.05, 3.63) is 60.4 Å². The van der Waals surface area contributed by atoms with Gasteiger partial charge in [-0.25, -0.2) is 4.39 Å². The van der Waals surface area contributed by atoms with Gasteiger partial charge in [0.25, 0.3) is 0 Å². The number of rotatable bonds is 1. The monoisotopic (exact) mass is 314 g/mol. The summed E-state index contributed by atoms with van der Waals surface area (Å²) < 4.78 is 12.6. The normalized spacial score (nSPS) is 9.07. The summed E-state index contributed by atoms with van der Waals surface area (Å²) in [7, 11) is 0. The molecule has 0 unspecified atom stereocenters. The van der Waals surface area contributed by atoms with Crippen molar-refractivity contribution in [3.63, 3.8) is 0 Å². The third kappa shape index (κ3) is 3.85. The average Bonchev–Trinajstić information content (AvgIpc) is 2.34. The van der Waals surface area contributed by atoms with Crippen LogP contribution in [0.5, 0.6) is 0 Å². The van der Waals surface area contributed by atoms with Gasteiger partial charge in [0.05, 0.1) is 0 Å². The van der Waals surface area contributed by atoms with E-state index in [2.05, 4.69) is 19.7 Å². The molecule has 0 aromatic heterocycles. The molecular weight excluding hydrogens is 308 g/mol. The maximum atomic E-state index is 12.6. The molecule has 0 nitrogen and oxygen atoms in total. The topological polar surface area (TPSA) is 0 Å². The minimum atomic E-state index is -0.205. The van der Waals surface area contributed by atoms with Gasteiger partial charge in [-0.05, 0) is 12.1 Å². The number of hydrogen-bond donors (Lipinski definition) is 0. The molecule has 0 saturated carbocycles. The Balaban J connectivity index is 0.000000531. The van der Waals surface area contributed by atoms with Crippen LogP contribution in [0.2, 0.25) is 0 Å². The van der Waals surface area contributed by atoms with Crippen molar-refractivity contribution in [3.8, 4) is 11.1 Å². The van der Waals surface area contributed by atoms with Crippen LogP contribution in [0.25, 0.3) is 11.1 Å². The Kier molecular flexibility index (Phi) is 5.74. The first-order chi connectivity index (χ1) is 7.36. The molecule has 0 N–H and O–H groups in total. The van der Waals surface area contributed by atoms with Crippen molar-refractivity contribution in [1.29, 1.82) is 0 Å². The maximum absolute atomic E-state index is 12.6. The van der Waals surface area contributed by atoms with E-state index >= 15 is 0 Å². The van der Waals surface area contributed by atoms with Crippen LogP contribution in [-0.4, -0.2) is 0 Å². The Bertz CT molecular complexity index is 386. The summed E-state index contributed by atoms with van der Waals surface area (Å²) in [6.45, 7) is 0. The Morgan fingerprint density at radius 1 is 1.00 bits per heavy atom. The van der Waals surface area contributed by atoms with Crippen molar-refractivity contribution in [2.45, 2.75) is 0 Å². The molecule has 0 aliphatic heterocycles. The number of benzene rings is 2. The van der Waals surface area contributed by atoms with Gasteiger partial charge in [0.2, 0.25) is 0 Å². The molecule has 0 spiro atoms. The predicted molar refractivity (Wildman–Crippen MR) is 59.6 cm³/mol. The summed E-state index contributed by atoms with van der Waals surface area (Å²) in [4.78, 5) is 0. The molecule has 0 aliphatic carbocycles. The van der Waals surface area contributed by atoms with E-state index in [1.807, 2.05) is 24.3 Å². The molecule has 0 amide bonds. The fourth-order valence-electron chi connectivity index (χ4n) is 1.22. The summed E-state index contributed by atoms with van der Waals surface area (Å²) in [5, 5.41) is 0. The van der Waals surface area contributed by atoms with Gasteiger partial charge < -0.3 is 0 Å². The second-order valence-electron chi connectivity index (χ2n) is 2.80. The minimum absolute atomic E-state index is 0.205. The Hall–Kier alpha value is -0.527. The summed E-state index contributed by atoms with van der Waals surface area (Å²) in [5.41, 5.74) is 2.07. The van der Waals surface area contributed by atoms with Gasteiger partial charge in [-0.2, -0.15) is 30.3 Å². The third-order valence-electron chi connectivity index (χ3n) is 1.88. The van der Waals surface area contributed by atoms with E-state index in [0.717, 1.165) is 11.1 Å². The third-order valence-corrected chi connectivity index (χ3v) is 1.88. The van der Waals surface area contributed by atoms with E-state index in [9.17, 15) is 4.39 Å². The molecule has 2 rings (SSSR count). The summed E-state index contributed by atoms with van der Waals surface area (Å²) in [6, 6.07) is 17.0.